The summed E-state index contributed by atoms with van der Waals surface area (Å²) in [5.74, 6) is -3.14. The monoisotopic (exact) mass is 657 g/mol. The lowest BCUT2D eigenvalue weighted by Gasteiger charge is -2.40. The second-order valence-electron chi connectivity index (χ2n) is 11.7. The van der Waals surface area contributed by atoms with Crippen molar-refractivity contribution in [3.63, 3.8) is 0 Å². The molecule has 5 rings (SSSR count). The largest absolute Gasteiger partial charge is 0.465 e. The highest BCUT2D eigenvalue weighted by Crippen LogP contribution is 2.61. The molecule has 3 aliphatic heterocycles. The zero-order valence-corrected chi connectivity index (χ0v) is 26.3. The van der Waals surface area contributed by atoms with Gasteiger partial charge in [0.2, 0.25) is 11.8 Å². The molecular formula is C31H40BrN5O6. The number of amides is 2. The summed E-state index contributed by atoms with van der Waals surface area (Å²) in [6.07, 6.45) is 5.10. The minimum atomic E-state index is -1.28. The van der Waals surface area contributed by atoms with Crippen molar-refractivity contribution in [1.82, 2.24) is 24.8 Å². The first-order valence-electron chi connectivity index (χ1n) is 14.9. The Morgan fingerprint density at radius 3 is 2.79 bits per heavy atom. The Balaban J connectivity index is 1.55. The number of ether oxygens (including phenoxy) is 2. The molecule has 3 fully saturated rings. The number of likely N-dealkylation sites (tertiary alicyclic amines) is 1. The minimum absolute atomic E-state index is 0.0632. The van der Waals surface area contributed by atoms with E-state index in [0.29, 0.717) is 31.2 Å². The van der Waals surface area contributed by atoms with E-state index in [2.05, 4.69) is 39.4 Å². The molecule has 43 heavy (non-hydrogen) atoms. The van der Waals surface area contributed by atoms with Gasteiger partial charge >= 0.3 is 5.97 Å². The molecule has 2 amide bonds. The Bertz CT molecular complexity index is 1380. The molecule has 3 unspecified atom stereocenters. The lowest BCUT2D eigenvalue weighted by Crippen LogP contribution is -2.60. The molecule has 1 N–H and O–H groups in total. The molecule has 1 spiro atoms. The van der Waals surface area contributed by atoms with Gasteiger partial charge in [0, 0.05) is 11.4 Å². The number of alkyl halides is 1. The number of allylic oxidation sites excluding steroid dienone is 1. The highest BCUT2D eigenvalue weighted by atomic mass is 79.9. The fourth-order valence-corrected chi connectivity index (χ4v) is 7.96. The van der Waals surface area contributed by atoms with Crippen LogP contribution in [0.25, 0.3) is 11.0 Å². The van der Waals surface area contributed by atoms with Crippen LogP contribution in [0.15, 0.2) is 49.6 Å². The number of rotatable bonds is 14. The number of aliphatic hydroxyl groups is 1. The van der Waals surface area contributed by atoms with E-state index in [1.54, 1.807) is 21.7 Å². The summed E-state index contributed by atoms with van der Waals surface area (Å²) in [7, 11) is 0. The van der Waals surface area contributed by atoms with Crippen molar-refractivity contribution < 1.29 is 29.0 Å². The Morgan fingerprint density at radius 2 is 2.09 bits per heavy atom. The van der Waals surface area contributed by atoms with Gasteiger partial charge in [-0.3, -0.25) is 14.4 Å². The van der Waals surface area contributed by atoms with Crippen LogP contribution in [-0.2, 0) is 30.5 Å². The minimum Gasteiger partial charge on any atom is -0.465 e. The zero-order valence-electron chi connectivity index (χ0n) is 24.7. The Labute approximate surface area is 260 Å². The normalized spacial score (nSPS) is 29.0. The number of unbranched alkanes of at least 4 members (excludes halogenated alkanes) is 1. The number of para-hydroxylation sites is 1. The molecule has 0 aliphatic carbocycles. The Morgan fingerprint density at radius 1 is 1.33 bits per heavy atom. The quantitative estimate of drug-likeness (QED) is 0.142. The predicted octanol–water partition coefficient (Wildman–Crippen LogP) is 3.07. The van der Waals surface area contributed by atoms with Crippen molar-refractivity contribution in [1.29, 1.82) is 0 Å². The van der Waals surface area contributed by atoms with Crippen LogP contribution in [0.2, 0.25) is 0 Å². The van der Waals surface area contributed by atoms with Gasteiger partial charge in [-0.2, -0.15) is 0 Å². The molecule has 8 atom stereocenters. The van der Waals surface area contributed by atoms with Crippen LogP contribution >= 0.6 is 15.9 Å². The number of hydrogen-bond donors (Lipinski definition) is 1. The van der Waals surface area contributed by atoms with Gasteiger partial charge in [-0.25, -0.2) is 4.68 Å². The first-order valence-corrected chi connectivity index (χ1v) is 15.9. The molecule has 3 aliphatic rings. The van der Waals surface area contributed by atoms with Gasteiger partial charge in [0.05, 0.1) is 42.7 Å². The van der Waals surface area contributed by atoms with E-state index >= 15 is 0 Å². The van der Waals surface area contributed by atoms with Crippen molar-refractivity contribution >= 4 is 44.7 Å². The fourth-order valence-electron chi connectivity index (χ4n) is 7.01. The van der Waals surface area contributed by atoms with Gasteiger partial charge in [-0.05, 0) is 37.3 Å². The third kappa shape index (κ3) is 5.31. The summed E-state index contributed by atoms with van der Waals surface area (Å²) < 4.78 is 13.9. The van der Waals surface area contributed by atoms with Gasteiger partial charge in [-0.15, -0.1) is 18.3 Å². The summed E-state index contributed by atoms with van der Waals surface area (Å²) in [6.45, 7) is 11.6. The molecule has 4 heterocycles. The number of aliphatic hydroxyl groups excluding tert-OH is 1. The molecule has 232 valence electrons. The summed E-state index contributed by atoms with van der Waals surface area (Å²) >= 11 is 3.70. The number of esters is 1. The van der Waals surface area contributed by atoms with Crippen LogP contribution in [0.5, 0.6) is 0 Å². The second-order valence-corrected chi connectivity index (χ2v) is 12.9. The topological polar surface area (TPSA) is 127 Å². The van der Waals surface area contributed by atoms with Gasteiger partial charge in [0.25, 0.3) is 0 Å². The summed E-state index contributed by atoms with van der Waals surface area (Å²) in [5.41, 5.74) is 0.171. The molecule has 12 heteroatoms. The third-order valence-electron chi connectivity index (χ3n) is 9.26. The van der Waals surface area contributed by atoms with E-state index in [-0.39, 0.29) is 49.0 Å². The highest BCUT2D eigenvalue weighted by Gasteiger charge is 2.77. The average molecular weight is 659 g/mol. The van der Waals surface area contributed by atoms with Crippen molar-refractivity contribution in [2.75, 3.05) is 19.8 Å². The van der Waals surface area contributed by atoms with Gasteiger partial charge in [-0.1, -0.05) is 65.7 Å². The highest BCUT2D eigenvalue weighted by molar-refractivity contribution is 9.09. The van der Waals surface area contributed by atoms with Crippen LogP contribution in [-0.4, -0.2) is 96.1 Å². The van der Waals surface area contributed by atoms with Crippen molar-refractivity contribution in [3.8, 4) is 0 Å². The van der Waals surface area contributed by atoms with Crippen LogP contribution in [0, 0.1) is 17.8 Å². The molecule has 2 bridgehead atoms. The first-order chi connectivity index (χ1) is 20.7. The van der Waals surface area contributed by atoms with E-state index in [1.807, 2.05) is 38.1 Å². The van der Waals surface area contributed by atoms with E-state index in [9.17, 15) is 19.5 Å². The summed E-state index contributed by atoms with van der Waals surface area (Å²) in [5, 5.41) is 19.1. The summed E-state index contributed by atoms with van der Waals surface area (Å²) in [6, 6.07) is 5.73. The maximum atomic E-state index is 14.8. The standard InChI is InChI=1S/C31H40BrN5O6/c1-5-8-11-15-42-30(41)24-25-28(39)37(23(17-38)19(4)7-3)27(31(25)16-20(32)26(24)43-31)29(40)35(14-6-2)18-36-22-13-10-9-12-21(22)33-34-36/h5-6,9-10,12-13,19-20,23-27,38H,1-2,7-8,11,14-18H2,3-4H3/t19-,20?,23-,24+,25-,26+,27?,31?/m0/s1. The molecule has 1 aromatic carbocycles. The molecule has 3 saturated heterocycles. The molecule has 2 aromatic rings. The van der Waals surface area contributed by atoms with E-state index in [4.69, 9.17) is 9.47 Å². The van der Waals surface area contributed by atoms with Crippen LogP contribution in [0.4, 0.5) is 0 Å². The van der Waals surface area contributed by atoms with Crippen LogP contribution in [0.1, 0.15) is 39.5 Å². The van der Waals surface area contributed by atoms with Crippen molar-refractivity contribution in [2.24, 2.45) is 17.8 Å². The SMILES string of the molecule is C=CCCCOC(=O)[C@H]1[C@@H]2OC3(CC2Br)C(C(=O)N(CC=C)Cn2nnc4ccccc42)N([C@@H](CO)[C@@H](C)CC)C(=O)[C@H]13. The number of carbonyl (C=O) groups excluding carboxylic acids is 3. The lowest BCUT2D eigenvalue weighted by molar-refractivity contribution is -0.157. The lowest BCUT2D eigenvalue weighted by atomic mass is 9.70. The second kappa shape index (κ2) is 12.9. The number of fused-ring (bicyclic) bond motifs is 2. The molecule has 11 nitrogen and oxygen atoms in total. The number of aromatic nitrogens is 3. The van der Waals surface area contributed by atoms with Crippen LogP contribution in [0.3, 0.4) is 0 Å². The average Bonchev–Trinajstić information content (AvgIpc) is 3.72. The fraction of sp³-hybridized carbons (Fsp3) is 0.581. The number of benzene rings is 1. The zero-order chi connectivity index (χ0) is 30.9. The van der Waals surface area contributed by atoms with Crippen molar-refractivity contribution in [3.05, 3.63) is 49.6 Å². The Hall–Kier alpha value is -3.09. The number of nitrogens with zero attached hydrogens (tertiary/aromatic N) is 5. The molecule has 0 saturated carbocycles. The first kappa shape index (κ1) is 31.3. The number of hydrogen-bond acceptors (Lipinski definition) is 8. The van der Waals surface area contributed by atoms with Gasteiger partial charge in [0.1, 0.15) is 23.8 Å². The maximum Gasteiger partial charge on any atom is 0.312 e. The smallest absolute Gasteiger partial charge is 0.312 e. The van der Waals surface area contributed by atoms with E-state index < -0.39 is 41.6 Å². The van der Waals surface area contributed by atoms with E-state index in [0.717, 1.165) is 5.52 Å². The van der Waals surface area contributed by atoms with Crippen LogP contribution < -0.4 is 0 Å². The van der Waals surface area contributed by atoms with Gasteiger partial charge < -0.3 is 24.4 Å². The molecular weight excluding hydrogens is 618 g/mol. The molecule has 1 aromatic heterocycles. The predicted molar refractivity (Wildman–Crippen MR) is 163 cm³/mol. The van der Waals surface area contributed by atoms with Crippen molar-refractivity contribution in [2.45, 2.75) is 74.8 Å². The third-order valence-corrected chi connectivity index (χ3v) is 10.1. The maximum absolute atomic E-state index is 14.8. The van der Waals surface area contributed by atoms with E-state index in [1.165, 1.54) is 4.90 Å². The number of halogens is 1. The van der Waals surface area contributed by atoms with Gasteiger partial charge in [0.15, 0.2) is 0 Å². The molecule has 0 radical (unpaired) electrons. The Kier molecular flexibility index (Phi) is 9.38. The summed E-state index contributed by atoms with van der Waals surface area (Å²) in [4.78, 5) is 45.6. The number of carbonyl (C=O) groups is 3.